The van der Waals surface area contributed by atoms with Crippen LogP contribution in [0.3, 0.4) is 0 Å². The van der Waals surface area contributed by atoms with Crippen LogP contribution in [0.1, 0.15) is 31.2 Å². The van der Waals surface area contributed by atoms with Crippen molar-refractivity contribution in [2.75, 3.05) is 6.54 Å². The molecule has 4 nitrogen and oxygen atoms in total. The van der Waals surface area contributed by atoms with Crippen LogP contribution in [0.15, 0.2) is 24.3 Å². The zero-order valence-electron chi connectivity index (χ0n) is 11.8. The Morgan fingerprint density at radius 3 is 2.62 bits per heavy atom. The second-order valence-electron chi connectivity index (χ2n) is 5.51. The third kappa shape index (κ3) is 4.46. The van der Waals surface area contributed by atoms with Crippen molar-refractivity contribution in [3.63, 3.8) is 0 Å². The Morgan fingerprint density at radius 1 is 1.24 bits per heavy atom. The third-order valence-electron chi connectivity index (χ3n) is 4.02. The van der Waals surface area contributed by atoms with Crippen LogP contribution >= 0.6 is 11.6 Å². The lowest BCUT2D eigenvalue weighted by molar-refractivity contribution is -0.148. The number of carbonyl (C=O) groups excluding carboxylic acids is 1. The fourth-order valence-electron chi connectivity index (χ4n) is 2.89. The van der Waals surface area contributed by atoms with E-state index in [9.17, 15) is 14.7 Å². The van der Waals surface area contributed by atoms with Crippen LogP contribution in [0.5, 0.6) is 0 Å². The first-order chi connectivity index (χ1) is 10.1. The molecule has 1 aliphatic carbocycles. The van der Waals surface area contributed by atoms with Gasteiger partial charge in [0.1, 0.15) is 0 Å². The number of amides is 1. The van der Waals surface area contributed by atoms with Crippen LogP contribution in [0.25, 0.3) is 0 Å². The summed E-state index contributed by atoms with van der Waals surface area (Å²) in [5.41, 5.74) is 1.06. The minimum atomic E-state index is -0.857. The van der Waals surface area contributed by atoms with Crippen LogP contribution in [-0.2, 0) is 16.0 Å². The Morgan fingerprint density at radius 2 is 1.95 bits per heavy atom. The molecule has 1 aromatic rings. The molecule has 114 valence electrons. The van der Waals surface area contributed by atoms with E-state index in [0.717, 1.165) is 18.4 Å². The average molecular weight is 310 g/mol. The normalized spacial score (nSPS) is 21.8. The Hall–Kier alpha value is -1.55. The molecule has 2 atom stereocenters. The van der Waals surface area contributed by atoms with Crippen molar-refractivity contribution in [3.05, 3.63) is 34.9 Å². The van der Waals surface area contributed by atoms with Gasteiger partial charge < -0.3 is 10.4 Å². The fourth-order valence-corrected chi connectivity index (χ4v) is 3.11. The van der Waals surface area contributed by atoms with Gasteiger partial charge in [-0.25, -0.2) is 0 Å². The zero-order chi connectivity index (χ0) is 15.2. The molecule has 21 heavy (non-hydrogen) atoms. The molecule has 1 aromatic carbocycles. The topological polar surface area (TPSA) is 66.4 Å². The quantitative estimate of drug-likeness (QED) is 0.879. The standard InChI is InChI=1S/C16H20ClNO3/c17-12-5-3-4-11(10-12)8-9-18-15(19)13-6-1-2-7-14(13)16(20)21/h3-5,10,13-14H,1-2,6-9H2,(H,18,19)(H,20,21)/t13-,14-/m0/s1. The Bertz CT molecular complexity index is 518. The van der Waals surface area contributed by atoms with Gasteiger partial charge >= 0.3 is 5.97 Å². The number of carboxylic acids is 1. The number of benzene rings is 1. The van der Waals surface area contributed by atoms with Crippen molar-refractivity contribution in [2.24, 2.45) is 11.8 Å². The van der Waals surface area contributed by atoms with Crippen LogP contribution in [0.4, 0.5) is 0 Å². The van der Waals surface area contributed by atoms with Crippen molar-refractivity contribution in [1.29, 1.82) is 0 Å². The molecule has 2 rings (SSSR count). The largest absolute Gasteiger partial charge is 0.481 e. The first-order valence-corrected chi connectivity index (χ1v) is 7.70. The van der Waals surface area contributed by atoms with Crippen LogP contribution < -0.4 is 5.32 Å². The summed E-state index contributed by atoms with van der Waals surface area (Å²) < 4.78 is 0. The molecule has 0 bridgehead atoms. The number of carboxylic acid groups (broad SMARTS) is 1. The molecule has 1 amide bonds. The number of carbonyl (C=O) groups is 2. The molecule has 0 heterocycles. The minimum Gasteiger partial charge on any atom is -0.481 e. The Labute approximate surface area is 129 Å². The average Bonchev–Trinajstić information content (AvgIpc) is 2.47. The SMILES string of the molecule is O=C(O)[C@H]1CCCC[C@@H]1C(=O)NCCc1cccc(Cl)c1. The van der Waals surface area contributed by atoms with E-state index in [1.165, 1.54) is 0 Å². The number of hydrogen-bond donors (Lipinski definition) is 2. The summed E-state index contributed by atoms with van der Waals surface area (Å²) in [6, 6.07) is 7.51. The van der Waals surface area contributed by atoms with E-state index in [0.29, 0.717) is 30.8 Å². The second-order valence-corrected chi connectivity index (χ2v) is 5.94. The van der Waals surface area contributed by atoms with Gasteiger partial charge in [0, 0.05) is 11.6 Å². The Kier molecular flexibility index (Phi) is 5.62. The molecule has 1 fully saturated rings. The molecule has 0 saturated heterocycles. The zero-order valence-corrected chi connectivity index (χ0v) is 12.6. The molecule has 5 heteroatoms. The van der Waals surface area contributed by atoms with E-state index >= 15 is 0 Å². The van der Waals surface area contributed by atoms with Crippen molar-refractivity contribution < 1.29 is 14.7 Å². The Balaban J connectivity index is 1.84. The molecule has 2 N–H and O–H groups in total. The van der Waals surface area contributed by atoms with E-state index in [4.69, 9.17) is 11.6 Å². The van der Waals surface area contributed by atoms with Gasteiger partial charge in [-0.1, -0.05) is 36.6 Å². The van der Waals surface area contributed by atoms with E-state index in [1.54, 1.807) is 0 Å². The second kappa shape index (κ2) is 7.46. The number of halogens is 1. The number of rotatable bonds is 5. The smallest absolute Gasteiger partial charge is 0.307 e. The number of aliphatic carboxylic acids is 1. The summed E-state index contributed by atoms with van der Waals surface area (Å²) in [6.45, 7) is 0.502. The summed E-state index contributed by atoms with van der Waals surface area (Å²) in [7, 11) is 0. The predicted octanol–water partition coefficient (Wildman–Crippen LogP) is 2.89. The molecule has 0 aromatic heterocycles. The molecule has 1 aliphatic rings. The molecule has 0 spiro atoms. The van der Waals surface area contributed by atoms with Crippen molar-refractivity contribution in [3.8, 4) is 0 Å². The lowest BCUT2D eigenvalue weighted by Crippen LogP contribution is -2.40. The highest BCUT2D eigenvalue weighted by Crippen LogP contribution is 2.30. The van der Waals surface area contributed by atoms with Crippen molar-refractivity contribution >= 4 is 23.5 Å². The summed E-state index contributed by atoms with van der Waals surface area (Å²) in [5.74, 6) is -1.92. The van der Waals surface area contributed by atoms with Crippen molar-refractivity contribution in [2.45, 2.75) is 32.1 Å². The molecular formula is C16H20ClNO3. The summed E-state index contributed by atoms with van der Waals surface area (Å²) in [4.78, 5) is 23.4. The van der Waals surface area contributed by atoms with Gasteiger partial charge in [-0.3, -0.25) is 9.59 Å². The number of nitrogens with one attached hydrogen (secondary N) is 1. The highest BCUT2D eigenvalue weighted by Gasteiger charge is 2.35. The van der Waals surface area contributed by atoms with Gasteiger partial charge in [0.2, 0.25) is 5.91 Å². The highest BCUT2D eigenvalue weighted by atomic mass is 35.5. The molecule has 0 radical (unpaired) electrons. The molecule has 0 aliphatic heterocycles. The predicted molar refractivity (Wildman–Crippen MR) is 81.2 cm³/mol. The van der Waals surface area contributed by atoms with Crippen LogP contribution in [0.2, 0.25) is 5.02 Å². The number of hydrogen-bond acceptors (Lipinski definition) is 2. The highest BCUT2D eigenvalue weighted by molar-refractivity contribution is 6.30. The van der Waals surface area contributed by atoms with Crippen LogP contribution in [0, 0.1) is 11.8 Å². The van der Waals surface area contributed by atoms with Gasteiger partial charge in [-0.05, 0) is 37.0 Å². The summed E-state index contributed by atoms with van der Waals surface area (Å²) >= 11 is 5.91. The van der Waals surface area contributed by atoms with Gasteiger partial charge in [0.05, 0.1) is 11.8 Å². The lowest BCUT2D eigenvalue weighted by atomic mass is 9.78. The van der Waals surface area contributed by atoms with Crippen molar-refractivity contribution in [1.82, 2.24) is 5.32 Å². The van der Waals surface area contributed by atoms with E-state index in [1.807, 2.05) is 24.3 Å². The first kappa shape index (κ1) is 15.8. The molecule has 0 unspecified atom stereocenters. The van der Waals surface area contributed by atoms with E-state index in [-0.39, 0.29) is 5.91 Å². The maximum atomic E-state index is 12.2. The molecule has 1 saturated carbocycles. The van der Waals surface area contributed by atoms with Gasteiger partial charge in [0.25, 0.3) is 0 Å². The fraction of sp³-hybridized carbons (Fsp3) is 0.500. The van der Waals surface area contributed by atoms with Gasteiger partial charge in [-0.15, -0.1) is 0 Å². The monoisotopic (exact) mass is 309 g/mol. The first-order valence-electron chi connectivity index (χ1n) is 7.33. The summed E-state index contributed by atoms with van der Waals surface area (Å²) in [5, 5.41) is 12.7. The minimum absolute atomic E-state index is 0.135. The maximum Gasteiger partial charge on any atom is 0.307 e. The van der Waals surface area contributed by atoms with Gasteiger partial charge in [0.15, 0.2) is 0 Å². The lowest BCUT2D eigenvalue weighted by Gasteiger charge is -2.27. The third-order valence-corrected chi connectivity index (χ3v) is 4.26. The molecular weight excluding hydrogens is 290 g/mol. The summed E-state index contributed by atoms with van der Waals surface area (Å²) in [6.07, 6.45) is 3.78. The van der Waals surface area contributed by atoms with E-state index in [2.05, 4.69) is 5.32 Å². The van der Waals surface area contributed by atoms with Gasteiger partial charge in [-0.2, -0.15) is 0 Å². The maximum absolute atomic E-state index is 12.2. The van der Waals surface area contributed by atoms with E-state index < -0.39 is 17.8 Å². The van der Waals surface area contributed by atoms with Crippen LogP contribution in [-0.4, -0.2) is 23.5 Å².